The van der Waals surface area contributed by atoms with Gasteiger partial charge in [-0.3, -0.25) is 19.0 Å². The molecule has 0 bridgehead atoms. The first-order valence-electron chi connectivity index (χ1n) is 7.73. The largest absolute Gasteiger partial charge is 0.435 e. The van der Waals surface area contributed by atoms with Crippen LogP contribution in [-0.4, -0.2) is 50.4 Å². The van der Waals surface area contributed by atoms with Crippen LogP contribution in [0.1, 0.15) is 28.8 Å². The van der Waals surface area contributed by atoms with Gasteiger partial charge in [-0.15, -0.1) is 0 Å². The van der Waals surface area contributed by atoms with E-state index in [1.54, 1.807) is 21.0 Å². The van der Waals surface area contributed by atoms with Gasteiger partial charge < -0.3 is 10.2 Å². The molecule has 0 saturated carbocycles. The third-order valence-corrected chi connectivity index (χ3v) is 3.59. The average Bonchev–Trinajstić information content (AvgIpc) is 3.10. The second-order valence-electron chi connectivity index (χ2n) is 5.80. The van der Waals surface area contributed by atoms with Gasteiger partial charge in [0.05, 0.1) is 11.9 Å². The summed E-state index contributed by atoms with van der Waals surface area (Å²) in [5.74, 6) is -0.970. The molecule has 0 fully saturated rings. The van der Waals surface area contributed by atoms with Crippen LogP contribution in [0, 0.1) is 6.92 Å². The summed E-state index contributed by atoms with van der Waals surface area (Å²) < 4.78 is 40.5. The van der Waals surface area contributed by atoms with E-state index < -0.39 is 24.3 Å². The monoisotopic (exact) mass is 372 g/mol. The highest BCUT2D eigenvalue weighted by Gasteiger charge is 2.34. The number of nitrogens with zero attached hydrogens (tertiary/aromatic N) is 5. The van der Waals surface area contributed by atoms with Crippen LogP contribution in [-0.2, 0) is 24.1 Å². The summed E-state index contributed by atoms with van der Waals surface area (Å²) in [6.45, 7) is 3.20. The standard InChI is InChI=1S/C15H19F3N6O2/c1-5-23-13(14(26)22(3)4)10(7-19-23)20-12(25)8-24-9(2)6-11(21-24)15(16,17)18/h6-7H,5,8H2,1-4H3,(H,20,25). The molecule has 142 valence electrons. The Bertz CT molecular complexity index is 822. The van der Waals surface area contributed by atoms with E-state index in [0.29, 0.717) is 6.54 Å². The van der Waals surface area contributed by atoms with Gasteiger partial charge >= 0.3 is 6.18 Å². The van der Waals surface area contributed by atoms with Crippen LogP contribution in [0.25, 0.3) is 0 Å². The highest BCUT2D eigenvalue weighted by molar-refractivity contribution is 6.02. The van der Waals surface area contributed by atoms with Gasteiger partial charge in [-0.25, -0.2) is 0 Å². The highest BCUT2D eigenvalue weighted by Crippen LogP contribution is 2.28. The lowest BCUT2D eigenvalue weighted by Gasteiger charge is -2.13. The van der Waals surface area contributed by atoms with E-state index in [1.807, 2.05) is 0 Å². The Morgan fingerprint density at radius 3 is 2.42 bits per heavy atom. The Morgan fingerprint density at radius 2 is 1.92 bits per heavy atom. The van der Waals surface area contributed by atoms with Gasteiger partial charge in [-0.1, -0.05) is 0 Å². The molecule has 0 saturated heterocycles. The maximum absolute atomic E-state index is 12.7. The fraction of sp³-hybridized carbons (Fsp3) is 0.467. The van der Waals surface area contributed by atoms with Gasteiger partial charge in [-0.2, -0.15) is 23.4 Å². The second-order valence-corrected chi connectivity index (χ2v) is 5.80. The number of amides is 2. The van der Waals surface area contributed by atoms with E-state index in [9.17, 15) is 22.8 Å². The van der Waals surface area contributed by atoms with Crippen molar-refractivity contribution in [1.82, 2.24) is 24.5 Å². The molecule has 0 unspecified atom stereocenters. The summed E-state index contributed by atoms with van der Waals surface area (Å²) in [7, 11) is 3.12. The number of rotatable bonds is 5. The van der Waals surface area contributed by atoms with Crippen molar-refractivity contribution in [3.05, 3.63) is 29.3 Å². The first kappa shape index (κ1) is 19.5. The van der Waals surface area contributed by atoms with Crippen molar-refractivity contribution in [2.24, 2.45) is 0 Å². The Balaban J connectivity index is 2.20. The molecule has 2 heterocycles. The molecule has 2 aromatic rings. The predicted molar refractivity (Wildman–Crippen MR) is 86.5 cm³/mol. The highest BCUT2D eigenvalue weighted by atomic mass is 19.4. The van der Waals surface area contributed by atoms with Gasteiger partial charge in [0, 0.05) is 26.3 Å². The van der Waals surface area contributed by atoms with Gasteiger partial charge in [-0.05, 0) is 19.9 Å². The molecule has 0 aliphatic heterocycles. The van der Waals surface area contributed by atoms with Crippen molar-refractivity contribution in [3.63, 3.8) is 0 Å². The minimum atomic E-state index is -4.58. The molecule has 0 aliphatic carbocycles. The number of aryl methyl sites for hydroxylation is 2. The fourth-order valence-corrected chi connectivity index (χ4v) is 2.29. The molecule has 2 rings (SSSR count). The Hall–Kier alpha value is -2.85. The Morgan fingerprint density at radius 1 is 1.27 bits per heavy atom. The van der Waals surface area contributed by atoms with Crippen LogP contribution in [0.15, 0.2) is 12.3 Å². The Labute approximate surface area is 147 Å². The third kappa shape index (κ3) is 4.03. The van der Waals surface area contributed by atoms with Crippen molar-refractivity contribution in [2.45, 2.75) is 33.1 Å². The molecular weight excluding hydrogens is 353 g/mol. The number of anilines is 1. The first-order chi connectivity index (χ1) is 12.0. The van der Waals surface area contributed by atoms with Crippen molar-refractivity contribution in [1.29, 1.82) is 0 Å². The average molecular weight is 372 g/mol. The SMILES string of the molecule is CCn1ncc(NC(=O)Cn2nc(C(F)(F)F)cc2C)c1C(=O)N(C)C. The number of carbonyl (C=O) groups excluding carboxylic acids is 2. The number of hydrogen-bond donors (Lipinski definition) is 1. The van der Waals surface area contributed by atoms with Crippen molar-refractivity contribution in [2.75, 3.05) is 19.4 Å². The number of nitrogens with one attached hydrogen (secondary N) is 1. The zero-order valence-corrected chi connectivity index (χ0v) is 14.8. The number of aromatic nitrogens is 4. The summed E-state index contributed by atoms with van der Waals surface area (Å²) in [5.41, 5.74) is -0.484. The summed E-state index contributed by atoms with van der Waals surface area (Å²) >= 11 is 0. The van der Waals surface area contributed by atoms with E-state index in [0.717, 1.165) is 10.7 Å². The third-order valence-electron chi connectivity index (χ3n) is 3.59. The van der Waals surface area contributed by atoms with Crippen LogP contribution >= 0.6 is 0 Å². The molecular formula is C15H19F3N6O2. The van der Waals surface area contributed by atoms with E-state index in [4.69, 9.17) is 0 Å². The zero-order chi connectivity index (χ0) is 19.6. The molecule has 0 atom stereocenters. The molecule has 0 radical (unpaired) electrons. The van der Waals surface area contributed by atoms with E-state index in [2.05, 4.69) is 15.5 Å². The van der Waals surface area contributed by atoms with Crippen LogP contribution in [0.5, 0.6) is 0 Å². The maximum Gasteiger partial charge on any atom is 0.435 e. The van der Waals surface area contributed by atoms with Gasteiger partial charge in [0.25, 0.3) is 5.91 Å². The van der Waals surface area contributed by atoms with Crippen LogP contribution in [0.3, 0.4) is 0 Å². The molecule has 2 aromatic heterocycles. The first-order valence-corrected chi connectivity index (χ1v) is 7.73. The van der Waals surface area contributed by atoms with E-state index >= 15 is 0 Å². The van der Waals surface area contributed by atoms with Crippen molar-refractivity contribution in [3.8, 4) is 0 Å². The summed E-state index contributed by atoms with van der Waals surface area (Å²) in [6.07, 6.45) is -3.25. The summed E-state index contributed by atoms with van der Waals surface area (Å²) in [5, 5.41) is 9.95. The number of hydrogen-bond acceptors (Lipinski definition) is 4. The molecule has 0 aliphatic rings. The van der Waals surface area contributed by atoms with Crippen LogP contribution < -0.4 is 5.32 Å². The lowest BCUT2D eigenvalue weighted by Crippen LogP contribution is -2.27. The smallest absolute Gasteiger partial charge is 0.343 e. The molecule has 26 heavy (non-hydrogen) atoms. The quantitative estimate of drug-likeness (QED) is 0.867. The number of halogens is 3. The van der Waals surface area contributed by atoms with Crippen molar-refractivity contribution < 1.29 is 22.8 Å². The molecule has 2 amide bonds. The molecule has 11 heteroatoms. The van der Waals surface area contributed by atoms with Gasteiger partial charge in [0.15, 0.2) is 5.69 Å². The van der Waals surface area contributed by atoms with E-state index in [1.165, 1.54) is 22.7 Å². The van der Waals surface area contributed by atoms with Crippen LogP contribution in [0.2, 0.25) is 0 Å². The maximum atomic E-state index is 12.7. The number of carbonyl (C=O) groups is 2. The van der Waals surface area contributed by atoms with E-state index in [-0.39, 0.29) is 23.0 Å². The number of alkyl halides is 3. The predicted octanol–water partition coefficient (Wildman–Crippen LogP) is 1.77. The summed E-state index contributed by atoms with van der Waals surface area (Å²) in [4.78, 5) is 25.8. The molecule has 1 N–H and O–H groups in total. The van der Waals surface area contributed by atoms with Gasteiger partial charge in [0.2, 0.25) is 5.91 Å². The summed E-state index contributed by atoms with van der Waals surface area (Å²) in [6, 6.07) is 0.864. The topological polar surface area (TPSA) is 85.0 Å². The van der Waals surface area contributed by atoms with Crippen LogP contribution in [0.4, 0.5) is 18.9 Å². The van der Waals surface area contributed by atoms with Gasteiger partial charge in [0.1, 0.15) is 12.2 Å². The normalized spacial score (nSPS) is 11.5. The Kier molecular flexibility index (Phi) is 5.38. The minimum absolute atomic E-state index is 0.191. The lowest BCUT2D eigenvalue weighted by atomic mass is 10.3. The second kappa shape index (κ2) is 7.18. The molecule has 8 nitrogen and oxygen atoms in total. The lowest BCUT2D eigenvalue weighted by molar-refractivity contribution is -0.141. The fourth-order valence-electron chi connectivity index (χ4n) is 2.29. The molecule has 0 aromatic carbocycles. The minimum Gasteiger partial charge on any atom is -0.343 e. The zero-order valence-electron chi connectivity index (χ0n) is 14.8. The molecule has 0 spiro atoms. The van der Waals surface area contributed by atoms with Crippen molar-refractivity contribution >= 4 is 17.5 Å².